The van der Waals surface area contributed by atoms with Gasteiger partial charge in [0, 0.05) is 24.6 Å². The van der Waals surface area contributed by atoms with Crippen LogP contribution in [-0.4, -0.2) is 87.6 Å². The molecule has 3 amide bonds. The zero-order valence-corrected chi connectivity index (χ0v) is 25.2. The van der Waals surface area contributed by atoms with Gasteiger partial charge in [-0.3, -0.25) is 14.4 Å². The number of hydrogen-bond donors (Lipinski definition) is 3. The lowest BCUT2D eigenvalue weighted by atomic mass is 9.85. The zero-order valence-electron chi connectivity index (χ0n) is 23.7. The van der Waals surface area contributed by atoms with Gasteiger partial charge in [-0.25, -0.2) is 13.4 Å². The van der Waals surface area contributed by atoms with Gasteiger partial charge in [0.1, 0.15) is 22.1 Å². The number of nitrogens with zero attached hydrogens (tertiary/aromatic N) is 5. The molecule has 0 radical (unpaired) electrons. The summed E-state index contributed by atoms with van der Waals surface area (Å²) in [5, 5.41) is 20.0. The summed E-state index contributed by atoms with van der Waals surface area (Å²) in [5.74, 6) is -1.19. The fourth-order valence-corrected chi connectivity index (χ4v) is 5.26. The van der Waals surface area contributed by atoms with Gasteiger partial charge >= 0.3 is 0 Å². The molecule has 1 aliphatic rings. The van der Waals surface area contributed by atoms with Crippen LogP contribution in [0.1, 0.15) is 49.9 Å². The van der Waals surface area contributed by atoms with E-state index in [9.17, 15) is 22.8 Å². The zero-order chi connectivity index (χ0) is 30.7. The molecule has 0 bridgehead atoms. The average molecular weight is 617 g/mol. The molecule has 3 heterocycles. The number of pyridine rings is 1. The summed E-state index contributed by atoms with van der Waals surface area (Å²) in [4.78, 5) is 46.5. The number of benzene rings is 1. The Hall–Kier alpha value is -3.91. The van der Waals surface area contributed by atoms with Gasteiger partial charge in [-0.1, -0.05) is 61.9 Å². The van der Waals surface area contributed by atoms with E-state index in [0.29, 0.717) is 24.9 Å². The number of carbonyl (C=O) groups excluding carboxylic acids is 3. The predicted molar refractivity (Wildman–Crippen MR) is 156 cm³/mol. The van der Waals surface area contributed by atoms with Gasteiger partial charge in [0.05, 0.1) is 11.6 Å². The van der Waals surface area contributed by atoms with E-state index in [-0.39, 0.29) is 17.9 Å². The predicted octanol–water partition coefficient (Wildman–Crippen LogP) is 1.74. The molecular formula is C27H33ClN8O5S. The summed E-state index contributed by atoms with van der Waals surface area (Å²) in [6.07, 6.45) is 3.10. The fourth-order valence-electron chi connectivity index (χ4n) is 4.69. The highest BCUT2D eigenvalue weighted by Gasteiger charge is 2.42. The molecule has 2 aromatic heterocycles. The van der Waals surface area contributed by atoms with Crippen LogP contribution in [0.15, 0.2) is 46.8 Å². The van der Waals surface area contributed by atoms with E-state index < -0.39 is 55.5 Å². The highest BCUT2D eigenvalue weighted by Crippen LogP contribution is 2.26. The number of fused-ring (bicyclic) bond motifs is 1. The summed E-state index contributed by atoms with van der Waals surface area (Å²) in [6.45, 7) is 5.79. The van der Waals surface area contributed by atoms with Gasteiger partial charge in [-0.15, -0.1) is 10.2 Å². The minimum atomic E-state index is -3.73. The molecule has 1 saturated heterocycles. The van der Waals surface area contributed by atoms with Crippen molar-refractivity contribution in [2.75, 3.05) is 12.8 Å². The monoisotopic (exact) mass is 616 g/mol. The van der Waals surface area contributed by atoms with E-state index >= 15 is 0 Å². The van der Waals surface area contributed by atoms with Crippen molar-refractivity contribution in [1.82, 2.24) is 41.1 Å². The van der Waals surface area contributed by atoms with E-state index in [1.165, 1.54) is 11.0 Å². The number of likely N-dealkylation sites (tertiary alicyclic amines) is 1. The molecule has 1 aliphatic heterocycles. The van der Waals surface area contributed by atoms with Crippen molar-refractivity contribution in [3.8, 4) is 0 Å². The molecule has 0 spiro atoms. The third-order valence-corrected chi connectivity index (χ3v) is 8.68. The van der Waals surface area contributed by atoms with Crippen LogP contribution >= 0.6 is 11.6 Å². The molecule has 15 heteroatoms. The smallest absolute Gasteiger partial charge is 0.270 e. The molecule has 42 heavy (non-hydrogen) atoms. The van der Waals surface area contributed by atoms with Gasteiger partial charge in [0.25, 0.3) is 5.91 Å². The average Bonchev–Trinajstić information content (AvgIpc) is 3.62. The third-order valence-electron chi connectivity index (χ3n) is 6.86. The Morgan fingerprint density at radius 2 is 1.90 bits per heavy atom. The summed E-state index contributed by atoms with van der Waals surface area (Å²) in [6, 6.07) is 8.09. The Labute approximate surface area is 248 Å². The van der Waals surface area contributed by atoms with Crippen LogP contribution in [-0.2, 0) is 25.8 Å². The number of aromatic nitrogens is 5. The van der Waals surface area contributed by atoms with Crippen LogP contribution in [0.25, 0.3) is 10.9 Å². The Morgan fingerprint density at radius 3 is 2.57 bits per heavy atom. The molecule has 3 N–H and O–H groups in total. The van der Waals surface area contributed by atoms with E-state index in [1.54, 1.807) is 18.2 Å². The Morgan fingerprint density at radius 1 is 1.17 bits per heavy atom. The molecule has 1 aromatic carbocycles. The summed E-state index contributed by atoms with van der Waals surface area (Å²) < 4.78 is 23.4. The van der Waals surface area contributed by atoms with Gasteiger partial charge in [-0.05, 0) is 36.5 Å². The molecule has 1 fully saturated rings. The number of halogens is 1. The summed E-state index contributed by atoms with van der Waals surface area (Å²) in [5.41, 5.74) is 0.130. The molecular weight excluding hydrogens is 584 g/mol. The molecule has 4 rings (SSSR count). The van der Waals surface area contributed by atoms with Gasteiger partial charge < -0.3 is 15.5 Å². The van der Waals surface area contributed by atoms with Crippen LogP contribution in [0.3, 0.4) is 0 Å². The molecule has 0 unspecified atom stereocenters. The van der Waals surface area contributed by atoms with Crippen molar-refractivity contribution in [3.63, 3.8) is 0 Å². The van der Waals surface area contributed by atoms with Crippen LogP contribution < -0.4 is 10.6 Å². The topological polar surface area (TPSA) is 180 Å². The fraction of sp³-hybridized carbons (Fsp3) is 0.444. The standard InChI is InChI=1S/C27H33ClN8O5S/c1-27(2,3)23(31-24(37)19-12-11-16-8-5-6-9-18(16)30-19)26(39)36-13-7-10-20(36)25(38)29-17(14-21(28)42(4,40)41)15-22-32-34-35-33-22/h5-6,8-9,11-12,14,17,20,23H,7,10,13,15H2,1-4H3,(H,29,38)(H,31,37)(H,32,33,34,35)/t17-,20-,23-/m1/s1. The number of aromatic amines is 1. The SMILES string of the molecule is CC(C)(C)[C@H](NC(=O)c1ccc2ccccc2n1)C(=O)N1CCC[C@@H]1C(=O)N[C@H](C=C(Cl)S(C)(=O)=O)Cc1nn[nH]n1. The van der Waals surface area contributed by atoms with Crippen LogP contribution in [0.5, 0.6) is 0 Å². The molecule has 3 atom stereocenters. The van der Waals surface area contributed by atoms with Crippen molar-refractivity contribution in [3.05, 3.63) is 58.4 Å². The quantitative estimate of drug-likeness (QED) is 0.323. The van der Waals surface area contributed by atoms with Crippen molar-refractivity contribution in [2.45, 2.75) is 58.2 Å². The third kappa shape index (κ3) is 7.48. The molecule has 3 aromatic rings. The van der Waals surface area contributed by atoms with Crippen molar-refractivity contribution in [2.24, 2.45) is 5.41 Å². The number of hydrogen-bond acceptors (Lipinski definition) is 9. The number of amides is 3. The van der Waals surface area contributed by atoms with Gasteiger partial charge in [-0.2, -0.15) is 5.21 Å². The van der Waals surface area contributed by atoms with E-state index in [0.717, 1.165) is 11.6 Å². The van der Waals surface area contributed by atoms with Crippen LogP contribution in [0, 0.1) is 5.41 Å². The van der Waals surface area contributed by atoms with Crippen molar-refractivity contribution < 1.29 is 22.8 Å². The maximum absolute atomic E-state index is 13.9. The normalized spacial score (nSPS) is 17.6. The maximum atomic E-state index is 13.9. The lowest BCUT2D eigenvalue weighted by Gasteiger charge is -2.35. The Balaban J connectivity index is 1.53. The van der Waals surface area contributed by atoms with Crippen molar-refractivity contribution >= 4 is 50.1 Å². The van der Waals surface area contributed by atoms with Crippen molar-refractivity contribution in [1.29, 1.82) is 0 Å². The highest BCUT2D eigenvalue weighted by atomic mass is 35.5. The first-order valence-corrected chi connectivity index (χ1v) is 15.6. The maximum Gasteiger partial charge on any atom is 0.270 e. The minimum Gasteiger partial charge on any atom is -0.348 e. The summed E-state index contributed by atoms with van der Waals surface area (Å²) in [7, 11) is -3.73. The molecule has 0 saturated carbocycles. The number of H-pyrrole nitrogens is 1. The number of tetrazole rings is 1. The van der Waals surface area contributed by atoms with E-state index in [1.807, 2.05) is 39.0 Å². The van der Waals surface area contributed by atoms with Gasteiger partial charge in [0.15, 0.2) is 15.7 Å². The molecule has 13 nitrogen and oxygen atoms in total. The second-order valence-corrected chi connectivity index (χ2v) is 13.9. The number of rotatable bonds is 9. The minimum absolute atomic E-state index is 0.00801. The van der Waals surface area contributed by atoms with Crippen LogP contribution in [0.2, 0.25) is 0 Å². The first-order chi connectivity index (χ1) is 19.7. The Kier molecular flexibility index (Phi) is 9.26. The number of carbonyl (C=O) groups is 3. The number of para-hydroxylation sites is 1. The highest BCUT2D eigenvalue weighted by molar-refractivity contribution is 7.96. The Bertz CT molecular complexity index is 1600. The first kappa shape index (κ1) is 31.0. The van der Waals surface area contributed by atoms with E-state index in [4.69, 9.17) is 11.6 Å². The van der Waals surface area contributed by atoms with E-state index in [2.05, 4.69) is 36.2 Å². The lowest BCUT2D eigenvalue weighted by molar-refractivity contribution is -0.142. The number of sulfone groups is 1. The molecule has 0 aliphatic carbocycles. The number of nitrogens with one attached hydrogen (secondary N) is 3. The molecule has 224 valence electrons. The summed E-state index contributed by atoms with van der Waals surface area (Å²) >= 11 is 5.98. The largest absolute Gasteiger partial charge is 0.348 e. The first-order valence-electron chi connectivity index (χ1n) is 13.3. The van der Waals surface area contributed by atoms with Crippen LogP contribution in [0.4, 0.5) is 0 Å². The second-order valence-electron chi connectivity index (χ2n) is 11.2. The lowest BCUT2D eigenvalue weighted by Crippen LogP contribution is -2.58. The van der Waals surface area contributed by atoms with Gasteiger partial charge in [0.2, 0.25) is 11.8 Å². The second kappa shape index (κ2) is 12.5.